The zero-order valence-electron chi connectivity index (χ0n) is 24.0. The summed E-state index contributed by atoms with van der Waals surface area (Å²) in [5, 5.41) is 11.8. The second kappa shape index (κ2) is 10.9. The van der Waals surface area contributed by atoms with Gasteiger partial charge in [-0.2, -0.15) is 9.97 Å². The van der Waals surface area contributed by atoms with Crippen molar-refractivity contribution in [1.29, 1.82) is 0 Å². The SMILES string of the molecule is C#Cc1c(F)ccc2cc(O)cc(-c3ccc4c(N5CC6CCC5C6)nc(OC)nc4c3F)c12.FC1CC2CCCN2C1. The molecular weight excluding hydrogens is 553 g/mol. The zero-order valence-corrected chi connectivity index (χ0v) is 24.0. The number of benzene rings is 3. The Kier molecular flexibility index (Phi) is 7.05. The Bertz CT molecular complexity index is 1760. The Labute approximate surface area is 248 Å². The predicted molar refractivity (Wildman–Crippen MR) is 161 cm³/mol. The van der Waals surface area contributed by atoms with Crippen molar-refractivity contribution in [2.75, 3.05) is 31.6 Å². The summed E-state index contributed by atoms with van der Waals surface area (Å²) < 4.78 is 48.6. The highest BCUT2D eigenvalue weighted by Crippen LogP contribution is 2.44. The van der Waals surface area contributed by atoms with Crippen molar-refractivity contribution in [3.05, 3.63) is 53.6 Å². The molecule has 1 aliphatic carbocycles. The van der Waals surface area contributed by atoms with Crippen LogP contribution >= 0.6 is 0 Å². The first-order valence-corrected chi connectivity index (χ1v) is 15.0. The molecule has 8 rings (SSSR count). The first kappa shape index (κ1) is 27.8. The smallest absolute Gasteiger partial charge is 0.318 e. The minimum absolute atomic E-state index is 0.0149. The quantitative estimate of drug-likeness (QED) is 0.273. The zero-order chi connectivity index (χ0) is 29.8. The number of alkyl halides is 1. The first-order chi connectivity index (χ1) is 20.8. The Morgan fingerprint density at radius 3 is 2.58 bits per heavy atom. The van der Waals surface area contributed by atoms with E-state index in [4.69, 9.17) is 11.2 Å². The fraction of sp³-hybridized carbons (Fsp3) is 0.412. The molecule has 222 valence electrons. The maximum atomic E-state index is 16.1. The second-order valence-electron chi connectivity index (χ2n) is 12.1. The number of halogens is 3. The number of hydrogen-bond donors (Lipinski definition) is 1. The van der Waals surface area contributed by atoms with Crippen LogP contribution in [-0.2, 0) is 0 Å². The molecule has 0 amide bonds. The van der Waals surface area contributed by atoms with Gasteiger partial charge in [0, 0.05) is 41.5 Å². The van der Waals surface area contributed by atoms with Crippen LogP contribution in [0.2, 0.25) is 0 Å². The number of aromatic nitrogens is 2. The number of piperidine rings is 1. The molecule has 0 spiro atoms. The van der Waals surface area contributed by atoms with Crippen molar-refractivity contribution < 1.29 is 23.0 Å². The molecule has 6 nitrogen and oxygen atoms in total. The van der Waals surface area contributed by atoms with Gasteiger partial charge in [0.2, 0.25) is 0 Å². The van der Waals surface area contributed by atoms with Crippen LogP contribution in [0.5, 0.6) is 11.8 Å². The van der Waals surface area contributed by atoms with Gasteiger partial charge in [-0.1, -0.05) is 18.1 Å². The number of terminal acetylenes is 1. The number of nitrogens with zero attached hydrogens (tertiary/aromatic N) is 4. The van der Waals surface area contributed by atoms with Gasteiger partial charge in [0.1, 0.15) is 29.1 Å². The van der Waals surface area contributed by atoms with Crippen LogP contribution < -0.4 is 9.64 Å². The summed E-state index contributed by atoms with van der Waals surface area (Å²) in [6, 6.07) is 10.1. The van der Waals surface area contributed by atoms with E-state index < -0.39 is 17.8 Å². The van der Waals surface area contributed by atoms with Crippen molar-refractivity contribution in [2.24, 2.45) is 5.92 Å². The number of methoxy groups -OCH3 is 1. The van der Waals surface area contributed by atoms with E-state index in [1.807, 2.05) is 0 Å². The van der Waals surface area contributed by atoms with Crippen LogP contribution in [0.25, 0.3) is 32.8 Å². The largest absolute Gasteiger partial charge is 0.508 e. The van der Waals surface area contributed by atoms with Crippen LogP contribution in [-0.4, -0.2) is 65.0 Å². The van der Waals surface area contributed by atoms with E-state index in [1.165, 1.54) is 50.6 Å². The maximum absolute atomic E-state index is 16.1. The topological polar surface area (TPSA) is 61.7 Å². The fourth-order valence-corrected chi connectivity index (χ4v) is 7.63. The average Bonchev–Trinajstić information content (AvgIpc) is 3.80. The molecular formula is C34H33F3N4O2. The lowest BCUT2D eigenvalue weighted by Crippen LogP contribution is -2.32. The minimum Gasteiger partial charge on any atom is -0.508 e. The lowest BCUT2D eigenvalue weighted by Gasteiger charge is -2.29. The summed E-state index contributed by atoms with van der Waals surface area (Å²) in [6.45, 7) is 2.74. The second-order valence-corrected chi connectivity index (χ2v) is 12.1. The highest BCUT2D eigenvalue weighted by Gasteiger charge is 2.39. The number of anilines is 1. The van der Waals surface area contributed by atoms with Gasteiger partial charge in [-0.25, -0.2) is 13.2 Å². The number of ether oxygens (including phenoxy) is 1. The molecule has 1 aromatic heterocycles. The van der Waals surface area contributed by atoms with Gasteiger partial charge in [0.25, 0.3) is 0 Å². The van der Waals surface area contributed by atoms with E-state index in [2.05, 4.69) is 25.7 Å². The number of phenols is 1. The van der Waals surface area contributed by atoms with Gasteiger partial charge in [0.15, 0.2) is 5.82 Å². The summed E-state index contributed by atoms with van der Waals surface area (Å²) in [6.07, 6.45) is 11.8. The fourth-order valence-electron chi connectivity index (χ4n) is 7.63. The van der Waals surface area contributed by atoms with Gasteiger partial charge in [-0.3, -0.25) is 4.90 Å². The van der Waals surface area contributed by atoms with E-state index in [1.54, 1.807) is 12.1 Å². The predicted octanol–water partition coefficient (Wildman–Crippen LogP) is 6.61. The molecule has 3 saturated heterocycles. The molecule has 0 radical (unpaired) electrons. The number of fused-ring (bicyclic) bond motifs is 5. The molecule has 4 aromatic rings. The molecule has 9 heteroatoms. The number of phenolic OH excluding ortho intramolecular Hbond substituents is 1. The molecule has 3 aromatic carbocycles. The number of rotatable bonds is 3. The van der Waals surface area contributed by atoms with Crippen LogP contribution in [0.3, 0.4) is 0 Å². The van der Waals surface area contributed by atoms with E-state index in [9.17, 15) is 13.9 Å². The molecule has 4 heterocycles. The van der Waals surface area contributed by atoms with Crippen LogP contribution in [0, 0.1) is 29.9 Å². The van der Waals surface area contributed by atoms with Crippen LogP contribution in [0.15, 0.2) is 36.4 Å². The van der Waals surface area contributed by atoms with E-state index in [0.717, 1.165) is 32.4 Å². The number of hydrogen-bond acceptors (Lipinski definition) is 6. The van der Waals surface area contributed by atoms with Crippen molar-refractivity contribution in [3.63, 3.8) is 0 Å². The maximum Gasteiger partial charge on any atom is 0.318 e. The summed E-state index contributed by atoms with van der Waals surface area (Å²) in [5.74, 6) is 2.39. The lowest BCUT2D eigenvalue weighted by molar-refractivity contribution is 0.292. The van der Waals surface area contributed by atoms with Crippen molar-refractivity contribution in [2.45, 2.75) is 56.8 Å². The normalized spacial score (nSPS) is 24.3. The van der Waals surface area contributed by atoms with Gasteiger partial charge < -0.3 is 14.7 Å². The summed E-state index contributed by atoms with van der Waals surface area (Å²) in [4.78, 5) is 13.4. The molecule has 1 saturated carbocycles. The molecule has 43 heavy (non-hydrogen) atoms. The van der Waals surface area contributed by atoms with Crippen LogP contribution in [0.1, 0.15) is 44.1 Å². The summed E-state index contributed by atoms with van der Waals surface area (Å²) in [7, 11) is 1.45. The van der Waals surface area contributed by atoms with Crippen molar-refractivity contribution in [1.82, 2.24) is 14.9 Å². The highest BCUT2D eigenvalue weighted by atomic mass is 19.1. The third kappa shape index (κ3) is 4.82. The Morgan fingerprint density at radius 2 is 1.86 bits per heavy atom. The third-order valence-corrected chi connectivity index (χ3v) is 9.58. The molecule has 4 atom stereocenters. The van der Waals surface area contributed by atoms with E-state index >= 15 is 4.39 Å². The summed E-state index contributed by atoms with van der Waals surface area (Å²) >= 11 is 0. The van der Waals surface area contributed by atoms with Gasteiger partial charge in [-0.15, -0.1) is 6.42 Å². The first-order valence-electron chi connectivity index (χ1n) is 15.0. The van der Waals surface area contributed by atoms with Gasteiger partial charge in [0.05, 0.1) is 12.7 Å². The summed E-state index contributed by atoms with van der Waals surface area (Å²) in [5.41, 5.74) is 0.574. The van der Waals surface area contributed by atoms with Crippen molar-refractivity contribution >= 4 is 27.5 Å². The monoisotopic (exact) mass is 586 g/mol. The standard InChI is InChI=1S/C27H21F2N3O2.C7H12FN/c1-3-18-22(28)9-5-15-11-17(33)12-21(23(15)18)19-7-8-20-25(24(19)29)30-27(34-2)31-26(20)32-13-14-4-6-16(32)10-14;8-6-4-7-2-1-3-9(7)5-6/h1,5,7-9,11-12,14,16,33H,4,6,10,13H2,2H3;6-7H,1-5H2. The van der Waals surface area contributed by atoms with E-state index in [0.29, 0.717) is 52.1 Å². The lowest BCUT2D eigenvalue weighted by atomic mass is 9.93. The minimum atomic E-state index is -0.608. The van der Waals surface area contributed by atoms with Crippen LogP contribution in [0.4, 0.5) is 19.0 Å². The third-order valence-electron chi connectivity index (χ3n) is 9.58. The van der Waals surface area contributed by atoms with E-state index in [-0.39, 0.29) is 28.4 Å². The molecule has 4 fully saturated rings. The Morgan fingerprint density at radius 1 is 1.00 bits per heavy atom. The molecule has 2 bridgehead atoms. The average molecular weight is 587 g/mol. The van der Waals surface area contributed by atoms with Gasteiger partial charge >= 0.3 is 6.01 Å². The number of aromatic hydroxyl groups is 1. The van der Waals surface area contributed by atoms with Crippen molar-refractivity contribution in [3.8, 4) is 35.2 Å². The van der Waals surface area contributed by atoms with Gasteiger partial charge in [-0.05, 0) is 86.2 Å². The molecule has 3 aliphatic heterocycles. The molecule has 1 N–H and O–H groups in total. The Balaban J connectivity index is 0.000000283. The molecule has 4 aliphatic rings. The highest BCUT2D eigenvalue weighted by molar-refractivity contribution is 6.04. The Hall–Kier alpha value is -4.03. The molecule has 4 unspecified atom stereocenters.